The van der Waals surface area contributed by atoms with Gasteiger partial charge in [-0.05, 0) is 43.7 Å². The number of ether oxygens (including phenoxy) is 1. The van der Waals surface area contributed by atoms with Crippen molar-refractivity contribution in [3.05, 3.63) is 48.0 Å². The van der Waals surface area contributed by atoms with Crippen LogP contribution >= 0.6 is 0 Å². The summed E-state index contributed by atoms with van der Waals surface area (Å²) in [7, 11) is 3.59. The fourth-order valence-corrected chi connectivity index (χ4v) is 3.36. The molecular weight excluding hydrogens is 318 g/mol. The molecule has 4 rings (SSSR count). The van der Waals surface area contributed by atoms with E-state index in [0.29, 0.717) is 24.3 Å². The quantitative estimate of drug-likeness (QED) is 0.712. The minimum absolute atomic E-state index is 0.372. The van der Waals surface area contributed by atoms with Gasteiger partial charge in [0.1, 0.15) is 5.75 Å². The van der Waals surface area contributed by atoms with Gasteiger partial charge in [0.2, 0.25) is 0 Å². The fraction of sp³-hybridized carbons (Fsp3) is 0.389. The van der Waals surface area contributed by atoms with Gasteiger partial charge in [-0.2, -0.15) is 10.1 Å². The summed E-state index contributed by atoms with van der Waals surface area (Å²) in [6, 6.07) is 7.99. The SMILES string of the molecule is COc1ccc(-c2nc(CN3CCC[C@@H]3c3cnn(C)c3)no2)cc1. The lowest BCUT2D eigenvalue weighted by molar-refractivity contribution is 0.238. The third kappa shape index (κ3) is 3.28. The molecule has 0 N–H and O–H groups in total. The van der Waals surface area contributed by atoms with E-state index in [1.807, 2.05) is 42.2 Å². The highest BCUT2D eigenvalue weighted by Gasteiger charge is 2.28. The third-order valence-corrected chi connectivity index (χ3v) is 4.62. The topological polar surface area (TPSA) is 69.2 Å². The molecule has 0 unspecified atom stereocenters. The van der Waals surface area contributed by atoms with E-state index >= 15 is 0 Å². The largest absolute Gasteiger partial charge is 0.497 e. The van der Waals surface area contributed by atoms with Crippen LogP contribution in [0.15, 0.2) is 41.2 Å². The lowest BCUT2D eigenvalue weighted by Crippen LogP contribution is -2.23. The van der Waals surface area contributed by atoms with Crippen LogP contribution in [0.3, 0.4) is 0 Å². The summed E-state index contributed by atoms with van der Waals surface area (Å²) >= 11 is 0. The fourth-order valence-electron chi connectivity index (χ4n) is 3.36. The van der Waals surface area contributed by atoms with Crippen LogP contribution in [0.4, 0.5) is 0 Å². The van der Waals surface area contributed by atoms with Gasteiger partial charge < -0.3 is 9.26 Å². The van der Waals surface area contributed by atoms with Crippen LogP contribution in [0.1, 0.15) is 30.3 Å². The summed E-state index contributed by atoms with van der Waals surface area (Å²) in [6.45, 7) is 1.71. The summed E-state index contributed by atoms with van der Waals surface area (Å²) in [5, 5.41) is 8.44. The van der Waals surface area contributed by atoms with Crippen molar-refractivity contribution in [1.82, 2.24) is 24.8 Å². The van der Waals surface area contributed by atoms with Crippen LogP contribution in [0.5, 0.6) is 5.75 Å². The van der Waals surface area contributed by atoms with E-state index in [0.717, 1.165) is 24.3 Å². The first kappa shape index (κ1) is 15.8. The maximum Gasteiger partial charge on any atom is 0.257 e. The molecule has 0 spiro atoms. The number of likely N-dealkylation sites (tertiary alicyclic amines) is 1. The lowest BCUT2D eigenvalue weighted by Gasteiger charge is -2.21. The number of nitrogens with zero attached hydrogens (tertiary/aromatic N) is 5. The Labute approximate surface area is 146 Å². The van der Waals surface area contributed by atoms with Crippen molar-refractivity contribution < 1.29 is 9.26 Å². The van der Waals surface area contributed by atoms with Gasteiger partial charge in [0.05, 0.1) is 19.9 Å². The third-order valence-electron chi connectivity index (χ3n) is 4.62. The molecule has 1 saturated heterocycles. The lowest BCUT2D eigenvalue weighted by atomic mass is 10.1. The zero-order valence-electron chi connectivity index (χ0n) is 14.4. The Kier molecular flexibility index (Phi) is 4.23. The van der Waals surface area contributed by atoms with Gasteiger partial charge >= 0.3 is 0 Å². The zero-order chi connectivity index (χ0) is 17.2. The van der Waals surface area contributed by atoms with Crippen molar-refractivity contribution in [2.45, 2.75) is 25.4 Å². The molecule has 0 bridgehead atoms. The van der Waals surface area contributed by atoms with Gasteiger partial charge in [-0.3, -0.25) is 9.58 Å². The minimum atomic E-state index is 0.372. The highest BCUT2D eigenvalue weighted by Crippen LogP contribution is 2.32. The molecule has 7 nitrogen and oxygen atoms in total. The van der Waals surface area contributed by atoms with Gasteiger partial charge in [-0.25, -0.2) is 0 Å². The van der Waals surface area contributed by atoms with Crippen LogP contribution in [0.2, 0.25) is 0 Å². The normalized spacial score (nSPS) is 17.9. The Hall–Kier alpha value is -2.67. The summed E-state index contributed by atoms with van der Waals surface area (Å²) in [4.78, 5) is 6.94. The van der Waals surface area contributed by atoms with Crippen LogP contribution < -0.4 is 4.74 Å². The Morgan fingerprint density at radius 2 is 2.12 bits per heavy atom. The molecule has 3 heterocycles. The van der Waals surface area contributed by atoms with Gasteiger partial charge in [0.25, 0.3) is 5.89 Å². The molecule has 2 aromatic heterocycles. The molecule has 1 aliphatic rings. The van der Waals surface area contributed by atoms with Gasteiger partial charge in [-0.15, -0.1) is 0 Å². The second-order valence-electron chi connectivity index (χ2n) is 6.32. The van der Waals surface area contributed by atoms with Crippen LogP contribution in [-0.4, -0.2) is 38.5 Å². The van der Waals surface area contributed by atoms with Gasteiger partial charge in [-0.1, -0.05) is 5.16 Å². The van der Waals surface area contributed by atoms with Crippen molar-refractivity contribution in [3.8, 4) is 17.2 Å². The molecule has 0 amide bonds. The van der Waals surface area contributed by atoms with Crippen LogP contribution in [0.25, 0.3) is 11.5 Å². The first-order chi connectivity index (χ1) is 12.2. The van der Waals surface area contributed by atoms with E-state index in [1.165, 1.54) is 12.0 Å². The average Bonchev–Trinajstić information content (AvgIpc) is 3.36. The number of benzene rings is 1. The summed E-state index contributed by atoms with van der Waals surface area (Å²) in [6.07, 6.45) is 6.33. The van der Waals surface area contributed by atoms with E-state index < -0.39 is 0 Å². The molecule has 1 aliphatic heterocycles. The van der Waals surface area contributed by atoms with E-state index in [2.05, 4.69) is 26.3 Å². The van der Waals surface area contributed by atoms with Gasteiger partial charge in [0.15, 0.2) is 5.82 Å². The number of methoxy groups -OCH3 is 1. The number of hydrogen-bond acceptors (Lipinski definition) is 6. The Balaban J connectivity index is 1.48. The maximum atomic E-state index is 5.43. The first-order valence-corrected chi connectivity index (χ1v) is 8.42. The van der Waals surface area contributed by atoms with Crippen molar-refractivity contribution >= 4 is 0 Å². The average molecular weight is 339 g/mol. The number of hydrogen-bond donors (Lipinski definition) is 0. The summed E-state index contributed by atoms with van der Waals surface area (Å²) in [5.74, 6) is 2.05. The molecular formula is C18H21N5O2. The van der Waals surface area contributed by atoms with E-state index in [-0.39, 0.29) is 0 Å². The predicted molar refractivity (Wildman–Crippen MR) is 91.9 cm³/mol. The van der Waals surface area contributed by atoms with Crippen molar-refractivity contribution in [2.75, 3.05) is 13.7 Å². The van der Waals surface area contributed by atoms with E-state index in [9.17, 15) is 0 Å². The highest BCUT2D eigenvalue weighted by molar-refractivity contribution is 5.54. The molecule has 130 valence electrons. The molecule has 25 heavy (non-hydrogen) atoms. The Bertz CT molecular complexity index is 839. The summed E-state index contributed by atoms with van der Waals surface area (Å²) in [5.41, 5.74) is 2.14. The molecule has 7 heteroatoms. The van der Waals surface area contributed by atoms with Crippen molar-refractivity contribution in [2.24, 2.45) is 7.05 Å². The van der Waals surface area contributed by atoms with E-state index in [1.54, 1.807) is 7.11 Å². The zero-order valence-corrected chi connectivity index (χ0v) is 14.4. The molecule has 0 aliphatic carbocycles. The smallest absolute Gasteiger partial charge is 0.257 e. The van der Waals surface area contributed by atoms with Crippen molar-refractivity contribution in [1.29, 1.82) is 0 Å². The van der Waals surface area contributed by atoms with Crippen LogP contribution in [-0.2, 0) is 13.6 Å². The van der Waals surface area contributed by atoms with Crippen molar-refractivity contribution in [3.63, 3.8) is 0 Å². The monoisotopic (exact) mass is 339 g/mol. The molecule has 0 radical (unpaired) electrons. The molecule has 1 atom stereocenters. The minimum Gasteiger partial charge on any atom is -0.497 e. The van der Waals surface area contributed by atoms with Gasteiger partial charge in [0, 0.05) is 30.4 Å². The molecule has 1 aromatic carbocycles. The number of aromatic nitrogens is 4. The highest BCUT2D eigenvalue weighted by atomic mass is 16.5. The second kappa shape index (κ2) is 6.68. The predicted octanol–water partition coefficient (Wildman–Crippen LogP) is 2.82. The second-order valence-corrected chi connectivity index (χ2v) is 6.32. The number of aryl methyl sites for hydroxylation is 1. The molecule has 1 fully saturated rings. The summed E-state index contributed by atoms with van der Waals surface area (Å²) < 4.78 is 12.5. The number of rotatable bonds is 5. The molecule has 0 saturated carbocycles. The maximum absolute atomic E-state index is 5.43. The first-order valence-electron chi connectivity index (χ1n) is 8.42. The van der Waals surface area contributed by atoms with E-state index in [4.69, 9.17) is 9.26 Å². The molecule has 3 aromatic rings. The Morgan fingerprint density at radius 3 is 2.84 bits per heavy atom. The van der Waals surface area contributed by atoms with Crippen LogP contribution in [0, 0.1) is 0 Å². The Morgan fingerprint density at radius 1 is 1.28 bits per heavy atom. The standard InChI is InChI=1S/C18H21N5O2/c1-22-11-14(10-19-22)16-4-3-9-23(16)12-17-20-18(25-21-17)13-5-7-15(24-2)8-6-13/h5-8,10-11,16H,3-4,9,12H2,1-2H3/t16-/m1/s1.